The maximum atomic E-state index is 5.84. The highest BCUT2D eigenvalue weighted by Crippen LogP contribution is 2.31. The van der Waals surface area contributed by atoms with Crippen molar-refractivity contribution in [3.63, 3.8) is 0 Å². The van der Waals surface area contributed by atoms with E-state index in [2.05, 4.69) is 55.5 Å². The van der Waals surface area contributed by atoms with E-state index < -0.39 is 0 Å². The summed E-state index contributed by atoms with van der Waals surface area (Å²) in [6.07, 6.45) is 1.09. The molecule has 16 heavy (non-hydrogen) atoms. The summed E-state index contributed by atoms with van der Waals surface area (Å²) in [7, 11) is 0. The van der Waals surface area contributed by atoms with E-state index in [1.807, 2.05) is 0 Å². The van der Waals surface area contributed by atoms with Crippen molar-refractivity contribution in [2.45, 2.75) is 39.6 Å². The third-order valence-corrected chi connectivity index (χ3v) is 4.30. The molecule has 0 radical (unpaired) electrons. The van der Waals surface area contributed by atoms with Crippen LogP contribution in [0.2, 0.25) is 0 Å². The fourth-order valence-electron chi connectivity index (χ4n) is 1.98. The number of aryl methyl sites for hydroxylation is 2. The van der Waals surface area contributed by atoms with Crippen LogP contribution < -0.4 is 0 Å². The van der Waals surface area contributed by atoms with E-state index in [1.165, 1.54) is 20.3 Å². The third-order valence-electron chi connectivity index (χ3n) is 2.83. The molecule has 1 aromatic carbocycles. The number of halogens is 1. The van der Waals surface area contributed by atoms with Crippen molar-refractivity contribution in [1.82, 2.24) is 0 Å². The van der Waals surface area contributed by atoms with Gasteiger partial charge in [0, 0.05) is 9.13 Å². The Morgan fingerprint density at radius 1 is 1.31 bits per heavy atom. The summed E-state index contributed by atoms with van der Waals surface area (Å²) in [6, 6.07) is 4.36. The Balaban J connectivity index is 2.32. The first-order valence-corrected chi connectivity index (χ1v) is 6.69. The maximum absolute atomic E-state index is 5.84. The van der Waals surface area contributed by atoms with E-state index in [0.717, 1.165) is 13.0 Å². The van der Waals surface area contributed by atoms with E-state index >= 15 is 0 Å². The van der Waals surface area contributed by atoms with Gasteiger partial charge in [-0.15, -0.1) is 0 Å². The molecule has 2 nitrogen and oxygen atoms in total. The van der Waals surface area contributed by atoms with Gasteiger partial charge in [0.25, 0.3) is 0 Å². The van der Waals surface area contributed by atoms with Crippen molar-refractivity contribution >= 4 is 22.6 Å². The quantitative estimate of drug-likeness (QED) is 0.730. The predicted molar refractivity (Wildman–Crippen MR) is 72.5 cm³/mol. The molecule has 2 rings (SSSR count). The normalized spacial score (nSPS) is 25.8. The number of hydrogen-bond acceptors (Lipinski definition) is 2. The molecule has 0 spiro atoms. The van der Waals surface area contributed by atoms with Crippen molar-refractivity contribution in [2.75, 3.05) is 6.61 Å². The summed E-state index contributed by atoms with van der Waals surface area (Å²) < 4.78 is 12.8. The smallest absolute Gasteiger partial charge is 0.185 e. The molecule has 3 heteroatoms. The van der Waals surface area contributed by atoms with E-state index in [0.29, 0.717) is 0 Å². The first-order chi connectivity index (χ1) is 7.58. The Morgan fingerprint density at radius 3 is 2.75 bits per heavy atom. The second-order valence-electron chi connectivity index (χ2n) is 4.42. The monoisotopic (exact) mass is 332 g/mol. The summed E-state index contributed by atoms with van der Waals surface area (Å²) in [5.74, 6) is 0. The number of hydrogen-bond donors (Lipinski definition) is 0. The van der Waals surface area contributed by atoms with Crippen LogP contribution in [0.15, 0.2) is 12.1 Å². The Bertz CT molecular complexity index is 390. The molecule has 2 atom stereocenters. The standard InChI is InChI=1S/C13H17IO2/c1-8-6-9(2)12(14)11(7-8)13-15-5-4-10(3)16-13/h6-7,10,13H,4-5H2,1-3H3. The minimum absolute atomic E-state index is 0.186. The van der Waals surface area contributed by atoms with Gasteiger partial charge >= 0.3 is 0 Å². The van der Waals surface area contributed by atoms with Crippen LogP contribution in [0.4, 0.5) is 0 Å². The van der Waals surface area contributed by atoms with Crippen molar-refractivity contribution in [3.8, 4) is 0 Å². The van der Waals surface area contributed by atoms with Gasteiger partial charge in [-0.3, -0.25) is 0 Å². The zero-order chi connectivity index (χ0) is 11.7. The summed E-state index contributed by atoms with van der Waals surface area (Å²) in [5, 5.41) is 0. The van der Waals surface area contributed by atoms with Crippen molar-refractivity contribution < 1.29 is 9.47 Å². The van der Waals surface area contributed by atoms with Gasteiger partial charge in [-0.2, -0.15) is 0 Å². The minimum Gasteiger partial charge on any atom is -0.348 e. The summed E-state index contributed by atoms with van der Waals surface area (Å²) >= 11 is 2.37. The van der Waals surface area contributed by atoms with Crippen LogP contribution in [-0.2, 0) is 9.47 Å². The van der Waals surface area contributed by atoms with E-state index in [1.54, 1.807) is 0 Å². The largest absolute Gasteiger partial charge is 0.348 e. The fraction of sp³-hybridized carbons (Fsp3) is 0.538. The lowest BCUT2D eigenvalue weighted by Crippen LogP contribution is -2.25. The average molecular weight is 332 g/mol. The maximum Gasteiger partial charge on any atom is 0.185 e. The zero-order valence-electron chi connectivity index (χ0n) is 9.92. The highest BCUT2D eigenvalue weighted by Gasteiger charge is 2.23. The average Bonchev–Trinajstić information content (AvgIpc) is 2.23. The minimum atomic E-state index is -0.186. The van der Waals surface area contributed by atoms with Gasteiger partial charge in [-0.1, -0.05) is 11.6 Å². The molecule has 0 N–H and O–H groups in total. The van der Waals surface area contributed by atoms with Gasteiger partial charge in [-0.25, -0.2) is 0 Å². The van der Waals surface area contributed by atoms with Crippen LogP contribution in [0.5, 0.6) is 0 Å². The van der Waals surface area contributed by atoms with Gasteiger partial charge < -0.3 is 9.47 Å². The summed E-state index contributed by atoms with van der Waals surface area (Å²) in [6.45, 7) is 7.13. The first kappa shape index (κ1) is 12.3. The predicted octanol–water partition coefficient (Wildman–Crippen LogP) is 3.73. The Labute approximate surface area is 110 Å². The molecular weight excluding hydrogens is 315 g/mol. The lowest BCUT2D eigenvalue weighted by atomic mass is 10.1. The van der Waals surface area contributed by atoms with Gasteiger partial charge in [0.05, 0.1) is 12.7 Å². The van der Waals surface area contributed by atoms with Crippen LogP contribution in [0.1, 0.15) is 36.3 Å². The summed E-state index contributed by atoms with van der Waals surface area (Å²) in [5.41, 5.74) is 3.73. The second-order valence-corrected chi connectivity index (χ2v) is 5.50. The fourth-order valence-corrected chi connectivity index (χ4v) is 2.54. The molecule has 0 saturated carbocycles. The Morgan fingerprint density at radius 2 is 2.06 bits per heavy atom. The van der Waals surface area contributed by atoms with E-state index in [9.17, 15) is 0 Å². The van der Waals surface area contributed by atoms with Crippen molar-refractivity contribution in [2.24, 2.45) is 0 Å². The SMILES string of the molecule is Cc1cc(C)c(I)c(C2OCCC(C)O2)c1. The van der Waals surface area contributed by atoms with Crippen molar-refractivity contribution in [3.05, 3.63) is 32.4 Å². The molecule has 88 valence electrons. The van der Waals surface area contributed by atoms with Gasteiger partial charge in [0.15, 0.2) is 6.29 Å². The van der Waals surface area contributed by atoms with Crippen LogP contribution in [0.3, 0.4) is 0 Å². The van der Waals surface area contributed by atoms with Crippen LogP contribution in [-0.4, -0.2) is 12.7 Å². The van der Waals surface area contributed by atoms with Crippen LogP contribution in [0.25, 0.3) is 0 Å². The molecule has 1 heterocycles. The molecule has 0 aliphatic carbocycles. The number of benzene rings is 1. The highest BCUT2D eigenvalue weighted by atomic mass is 127. The molecule has 1 fully saturated rings. The molecule has 1 aliphatic heterocycles. The Kier molecular flexibility index (Phi) is 3.87. The van der Waals surface area contributed by atoms with E-state index in [4.69, 9.17) is 9.47 Å². The van der Waals surface area contributed by atoms with Crippen LogP contribution in [0, 0.1) is 17.4 Å². The zero-order valence-corrected chi connectivity index (χ0v) is 12.1. The van der Waals surface area contributed by atoms with Gasteiger partial charge in [0.1, 0.15) is 0 Å². The molecular formula is C13H17IO2. The topological polar surface area (TPSA) is 18.5 Å². The lowest BCUT2D eigenvalue weighted by Gasteiger charge is -2.29. The van der Waals surface area contributed by atoms with Gasteiger partial charge in [-0.05, 0) is 61.4 Å². The first-order valence-electron chi connectivity index (χ1n) is 5.61. The van der Waals surface area contributed by atoms with Crippen molar-refractivity contribution in [1.29, 1.82) is 0 Å². The summed E-state index contributed by atoms with van der Waals surface area (Å²) in [4.78, 5) is 0. The Hall–Kier alpha value is -0.130. The van der Waals surface area contributed by atoms with Gasteiger partial charge in [0.2, 0.25) is 0 Å². The molecule has 1 aliphatic rings. The molecule has 0 bridgehead atoms. The second kappa shape index (κ2) is 5.02. The third kappa shape index (κ3) is 2.57. The molecule has 2 unspecified atom stereocenters. The molecule has 1 aromatic rings. The van der Waals surface area contributed by atoms with E-state index in [-0.39, 0.29) is 12.4 Å². The molecule has 1 saturated heterocycles. The molecule has 0 amide bonds. The highest BCUT2D eigenvalue weighted by molar-refractivity contribution is 14.1. The lowest BCUT2D eigenvalue weighted by molar-refractivity contribution is -0.212. The van der Waals surface area contributed by atoms with Crippen LogP contribution >= 0.6 is 22.6 Å². The molecule has 0 aromatic heterocycles. The number of ether oxygens (including phenoxy) is 2. The number of rotatable bonds is 1.